The zero-order valence-electron chi connectivity index (χ0n) is 28.8. The van der Waals surface area contributed by atoms with E-state index in [9.17, 15) is 0 Å². The van der Waals surface area contributed by atoms with E-state index in [0.29, 0.717) is 5.92 Å². The van der Waals surface area contributed by atoms with Crippen LogP contribution in [0.4, 0.5) is 0 Å². The second kappa shape index (κ2) is 17.1. The molecule has 0 fully saturated rings. The summed E-state index contributed by atoms with van der Waals surface area (Å²) in [6.07, 6.45) is 0. The topological polar surface area (TPSA) is 0 Å². The smallest absolute Gasteiger partial charge is 0.0114 e. The van der Waals surface area contributed by atoms with Crippen LogP contribution in [-0.4, -0.2) is 5.43 Å². The second-order valence-corrected chi connectivity index (χ2v) is 22.3. The number of halogens is 2. The van der Waals surface area contributed by atoms with Crippen molar-refractivity contribution in [2.75, 3.05) is 0 Å². The molecular formula is C43H44Cl2SiZr-2. The average Bonchev–Trinajstić information content (AvgIpc) is 3.63. The molecule has 0 saturated heterocycles. The minimum atomic E-state index is 0. The van der Waals surface area contributed by atoms with Crippen LogP contribution in [0.5, 0.6) is 0 Å². The molecule has 0 aliphatic rings. The number of benzene rings is 5. The summed E-state index contributed by atoms with van der Waals surface area (Å²) < 4.78 is 0. The van der Waals surface area contributed by atoms with Crippen molar-refractivity contribution < 1.29 is 48.1 Å². The Kier molecular flexibility index (Phi) is 14.1. The summed E-state index contributed by atoms with van der Waals surface area (Å²) in [6.45, 7) is 17.8. The minimum absolute atomic E-state index is 0. The Morgan fingerprint density at radius 2 is 1.17 bits per heavy atom. The maximum Gasteiger partial charge on any atom is -0.0114 e. The molecule has 7 aromatic rings. The van der Waals surface area contributed by atoms with Crippen LogP contribution in [0, 0.1) is 27.7 Å². The molecule has 0 amide bonds. The summed E-state index contributed by atoms with van der Waals surface area (Å²) in [4.78, 5) is 0. The maximum atomic E-state index is 2.36. The molecule has 0 N–H and O–H groups in total. The van der Waals surface area contributed by atoms with E-state index >= 15 is 0 Å². The zero-order chi connectivity index (χ0) is 32.2. The minimum Gasteiger partial charge on any atom is -1.00 e. The summed E-state index contributed by atoms with van der Waals surface area (Å²) >= 11 is 1.74. The van der Waals surface area contributed by atoms with Gasteiger partial charge in [-0.1, -0.05) is 117 Å². The Hall–Kier alpha value is -2.74. The van der Waals surface area contributed by atoms with Gasteiger partial charge in [-0.25, -0.2) is 0 Å². The fraction of sp³-hybridized carbons (Fsp3) is 0.209. The molecule has 0 nitrogen and oxygen atoms in total. The molecule has 0 radical (unpaired) electrons. The second-order valence-electron chi connectivity index (χ2n) is 12.9. The molecule has 0 heterocycles. The van der Waals surface area contributed by atoms with Gasteiger partial charge in [0.05, 0.1) is 0 Å². The molecule has 0 bridgehead atoms. The SMILES string of the molecule is C[Si](C)=[Zr+2].Cc1cc2c(-c3cccc4ccccc34)ccc(C)c2[cH-]1.Cc1ccc(C)c(-c2cccc3[cH-]c(C(C)C)cc23)c1.[Cl-].[Cl-]. The van der Waals surface area contributed by atoms with Gasteiger partial charge in [0.2, 0.25) is 0 Å². The van der Waals surface area contributed by atoms with Crippen molar-refractivity contribution in [1.82, 2.24) is 0 Å². The van der Waals surface area contributed by atoms with Crippen molar-refractivity contribution in [3.8, 4) is 22.3 Å². The first-order valence-electron chi connectivity index (χ1n) is 16.0. The molecule has 0 atom stereocenters. The number of aryl methyl sites for hydroxylation is 4. The number of hydrogen-bond acceptors (Lipinski definition) is 0. The van der Waals surface area contributed by atoms with Crippen molar-refractivity contribution in [1.29, 1.82) is 0 Å². The maximum absolute atomic E-state index is 2.36. The average molecular weight is 751 g/mol. The first-order chi connectivity index (χ1) is 21.5. The van der Waals surface area contributed by atoms with Crippen molar-refractivity contribution in [3.63, 3.8) is 0 Å². The van der Waals surface area contributed by atoms with Crippen LogP contribution in [0.1, 0.15) is 47.6 Å². The Morgan fingerprint density at radius 3 is 1.87 bits per heavy atom. The van der Waals surface area contributed by atoms with Crippen molar-refractivity contribution >= 4 is 37.8 Å². The van der Waals surface area contributed by atoms with E-state index in [0.717, 1.165) is 0 Å². The van der Waals surface area contributed by atoms with Gasteiger partial charge in [-0.15, -0.1) is 68.6 Å². The zero-order valence-corrected chi connectivity index (χ0v) is 33.8. The third-order valence-electron chi connectivity index (χ3n) is 8.45. The number of hydrogen-bond donors (Lipinski definition) is 0. The van der Waals surface area contributed by atoms with E-state index in [1.807, 2.05) is 0 Å². The molecule has 0 saturated carbocycles. The monoisotopic (exact) mass is 748 g/mol. The Bertz CT molecular complexity index is 2120. The van der Waals surface area contributed by atoms with E-state index < -0.39 is 0 Å². The molecular weight excluding hydrogens is 707 g/mol. The Balaban J connectivity index is 0.000000221. The van der Waals surface area contributed by atoms with E-state index in [4.69, 9.17) is 0 Å². The van der Waals surface area contributed by atoms with Gasteiger partial charge in [-0.2, -0.15) is 12.1 Å². The first-order valence-corrected chi connectivity index (χ1v) is 22.2. The summed E-state index contributed by atoms with van der Waals surface area (Å²) in [7, 11) is 0. The third-order valence-corrected chi connectivity index (χ3v) is 8.45. The molecule has 7 aromatic carbocycles. The molecule has 4 heteroatoms. The fourth-order valence-corrected chi connectivity index (χ4v) is 6.14. The van der Waals surface area contributed by atoms with Gasteiger partial charge >= 0.3 is 41.9 Å². The molecule has 47 heavy (non-hydrogen) atoms. The predicted molar refractivity (Wildman–Crippen MR) is 198 cm³/mol. The van der Waals surface area contributed by atoms with Crippen molar-refractivity contribution in [3.05, 3.63) is 143 Å². The first kappa shape index (κ1) is 38.7. The molecule has 240 valence electrons. The van der Waals surface area contributed by atoms with Crippen molar-refractivity contribution in [2.45, 2.75) is 60.6 Å². The van der Waals surface area contributed by atoms with Gasteiger partial charge in [0, 0.05) is 0 Å². The summed E-state index contributed by atoms with van der Waals surface area (Å²) in [5, 5.41) is 8.09. The van der Waals surface area contributed by atoms with Gasteiger partial charge in [-0.05, 0) is 47.2 Å². The molecule has 0 aliphatic heterocycles. The summed E-state index contributed by atoms with van der Waals surface area (Å²) in [6, 6.07) is 42.3. The quantitative estimate of drug-likeness (QED) is 0.139. The molecule has 0 aliphatic carbocycles. The van der Waals surface area contributed by atoms with Crippen LogP contribution in [0.2, 0.25) is 13.1 Å². The number of rotatable bonds is 3. The molecule has 0 unspecified atom stereocenters. The Labute approximate surface area is 309 Å². The van der Waals surface area contributed by atoms with Gasteiger partial charge in [0.25, 0.3) is 0 Å². The standard InChI is InChI=1S/C21H17.C20H21.C2H6Si.2ClH.Zr/c1-14-12-20-15(2)10-11-19(21(20)13-14)18-9-5-7-16-6-3-4-8-17(16)18;1-13(2)17-11-16-6-5-7-18(20(16)12-17)19-10-14(3)8-9-15(19)4;1-3-2;;;/h3-13H,1-2H3;5-13H,1-4H3;1-2H3;2*1H;/q2*-1;;;;+2/p-2. The largest absolute Gasteiger partial charge is 1.00 e. The number of fused-ring (bicyclic) bond motifs is 3. The fourth-order valence-electron chi connectivity index (χ4n) is 6.14. The predicted octanol–water partition coefficient (Wildman–Crippen LogP) is 6.75. The van der Waals surface area contributed by atoms with Crippen LogP contribution in [-0.2, 0) is 23.3 Å². The van der Waals surface area contributed by atoms with Crippen LogP contribution < -0.4 is 24.8 Å². The van der Waals surface area contributed by atoms with Crippen molar-refractivity contribution in [2.24, 2.45) is 0 Å². The normalized spacial score (nSPS) is 10.5. The van der Waals surface area contributed by atoms with Crippen LogP contribution in [0.3, 0.4) is 0 Å². The van der Waals surface area contributed by atoms with E-state index in [2.05, 4.69) is 170 Å². The molecule has 0 aromatic heterocycles. The summed E-state index contributed by atoms with van der Waals surface area (Å²) in [5.41, 5.74) is 12.4. The van der Waals surface area contributed by atoms with Crippen LogP contribution in [0.15, 0.2) is 115 Å². The Morgan fingerprint density at radius 1 is 0.574 bits per heavy atom. The van der Waals surface area contributed by atoms with Crippen LogP contribution >= 0.6 is 0 Å². The molecule has 0 spiro atoms. The third kappa shape index (κ3) is 9.04. The van der Waals surface area contributed by atoms with E-state index in [-0.39, 0.29) is 30.2 Å². The van der Waals surface area contributed by atoms with Gasteiger partial charge < -0.3 is 24.8 Å². The summed E-state index contributed by atoms with van der Waals surface area (Å²) in [5.74, 6) is 0.578. The van der Waals surface area contributed by atoms with Gasteiger partial charge in [0.15, 0.2) is 0 Å². The van der Waals surface area contributed by atoms with Crippen LogP contribution in [0.25, 0.3) is 54.6 Å². The van der Waals surface area contributed by atoms with Gasteiger partial charge in [-0.3, -0.25) is 0 Å². The van der Waals surface area contributed by atoms with E-state index in [1.165, 1.54) is 82.4 Å². The van der Waals surface area contributed by atoms with Gasteiger partial charge in [0.1, 0.15) is 0 Å². The molecule has 7 rings (SSSR count). The van der Waals surface area contributed by atoms with E-state index in [1.54, 1.807) is 23.3 Å².